The predicted molar refractivity (Wildman–Crippen MR) is 100 cm³/mol. The van der Waals surface area contributed by atoms with Gasteiger partial charge in [0.05, 0.1) is 0 Å². The third-order valence-corrected chi connectivity index (χ3v) is 4.58. The van der Waals surface area contributed by atoms with E-state index in [1.807, 2.05) is 54.3 Å². The molecule has 0 radical (unpaired) electrons. The highest BCUT2D eigenvalue weighted by Gasteiger charge is 2.27. The maximum Gasteiger partial charge on any atom is 0.253 e. The van der Waals surface area contributed by atoms with E-state index in [0.717, 1.165) is 5.75 Å². The van der Waals surface area contributed by atoms with Gasteiger partial charge in [-0.1, -0.05) is 18.2 Å². The molecule has 0 bridgehead atoms. The first-order valence-corrected chi connectivity index (χ1v) is 9.07. The molecule has 0 saturated carbocycles. The number of nitrogens with zero attached hydrogens (tertiary/aromatic N) is 1. The molecule has 2 amide bonds. The van der Waals surface area contributed by atoms with Crippen molar-refractivity contribution in [3.63, 3.8) is 0 Å². The Bertz CT molecular complexity index is 736. The highest BCUT2D eigenvalue weighted by Crippen LogP contribution is 2.23. The van der Waals surface area contributed by atoms with Crippen LogP contribution in [0, 0.1) is 5.92 Å². The molecule has 0 unspecified atom stereocenters. The van der Waals surface area contributed by atoms with Gasteiger partial charge in [0.1, 0.15) is 11.5 Å². The summed E-state index contributed by atoms with van der Waals surface area (Å²) >= 11 is 0. The molecule has 26 heavy (non-hydrogen) atoms. The van der Waals surface area contributed by atoms with Crippen LogP contribution in [0.1, 0.15) is 30.1 Å². The molecule has 2 aromatic rings. The van der Waals surface area contributed by atoms with Crippen LogP contribution in [-0.4, -0.2) is 36.3 Å². The van der Waals surface area contributed by atoms with Crippen molar-refractivity contribution in [2.75, 3.05) is 19.6 Å². The highest BCUT2D eigenvalue weighted by atomic mass is 16.5. The zero-order valence-corrected chi connectivity index (χ0v) is 15.0. The number of rotatable bonds is 5. The van der Waals surface area contributed by atoms with Crippen LogP contribution >= 0.6 is 0 Å². The second-order valence-electron chi connectivity index (χ2n) is 6.40. The molecule has 0 spiro atoms. The van der Waals surface area contributed by atoms with E-state index in [0.29, 0.717) is 43.8 Å². The fourth-order valence-corrected chi connectivity index (χ4v) is 3.14. The van der Waals surface area contributed by atoms with E-state index in [9.17, 15) is 9.59 Å². The van der Waals surface area contributed by atoms with Crippen LogP contribution in [0.2, 0.25) is 0 Å². The van der Waals surface area contributed by atoms with Crippen LogP contribution in [0.5, 0.6) is 11.5 Å². The van der Waals surface area contributed by atoms with Crippen LogP contribution < -0.4 is 10.1 Å². The predicted octanol–water partition coefficient (Wildman–Crippen LogP) is 3.47. The summed E-state index contributed by atoms with van der Waals surface area (Å²) in [7, 11) is 0. The Kier molecular flexibility index (Phi) is 5.89. The first-order chi connectivity index (χ1) is 12.7. The lowest BCUT2D eigenvalue weighted by atomic mass is 9.95. The number of hydrogen-bond donors (Lipinski definition) is 1. The average molecular weight is 352 g/mol. The van der Waals surface area contributed by atoms with E-state index in [1.54, 1.807) is 12.1 Å². The number of hydrogen-bond acceptors (Lipinski definition) is 3. The van der Waals surface area contributed by atoms with Gasteiger partial charge in [-0.3, -0.25) is 9.59 Å². The van der Waals surface area contributed by atoms with Gasteiger partial charge in [-0.25, -0.2) is 0 Å². The number of ether oxygens (including phenoxy) is 1. The van der Waals surface area contributed by atoms with E-state index in [1.165, 1.54) is 0 Å². The fourth-order valence-electron chi connectivity index (χ4n) is 3.14. The van der Waals surface area contributed by atoms with Gasteiger partial charge >= 0.3 is 0 Å². The van der Waals surface area contributed by atoms with Gasteiger partial charge in [-0.2, -0.15) is 0 Å². The third-order valence-electron chi connectivity index (χ3n) is 4.58. The van der Waals surface area contributed by atoms with E-state index < -0.39 is 0 Å². The summed E-state index contributed by atoms with van der Waals surface area (Å²) in [5.41, 5.74) is 0.641. The standard InChI is InChI=1S/C21H24N2O3/c1-2-22-20(24)16-12-14-23(15-13-16)21(25)17-8-10-19(11-9-17)26-18-6-4-3-5-7-18/h3-11,16H,2,12-15H2,1H3,(H,22,24). The van der Waals surface area contributed by atoms with Crippen LogP contribution in [0.3, 0.4) is 0 Å². The largest absolute Gasteiger partial charge is 0.457 e. The van der Waals surface area contributed by atoms with Crippen molar-refractivity contribution in [3.8, 4) is 11.5 Å². The van der Waals surface area contributed by atoms with Gasteiger partial charge < -0.3 is 15.0 Å². The molecular weight excluding hydrogens is 328 g/mol. The molecule has 5 nitrogen and oxygen atoms in total. The topological polar surface area (TPSA) is 58.6 Å². The summed E-state index contributed by atoms with van der Waals surface area (Å²) in [6.07, 6.45) is 1.43. The number of amides is 2. The molecule has 1 aliphatic heterocycles. The second kappa shape index (κ2) is 8.52. The summed E-state index contributed by atoms with van der Waals surface area (Å²) < 4.78 is 5.75. The van der Waals surface area contributed by atoms with Crippen LogP contribution in [0.25, 0.3) is 0 Å². The minimum absolute atomic E-state index is 0.00520. The lowest BCUT2D eigenvalue weighted by molar-refractivity contribution is -0.126. The number of nitrogens with one attached hydrogen (secondary N) is 1. The van der Waals surface area contributed by atoms with E-state index in [-0.39, 0.29) is 17.7 Å². The SMILES string of the molecule is CCNC(=O)C1CCN(C(=O)c2ccc(Oc3ccccc3)cc2)CC1. The minimum atomic E-state index is 0.00520. The number of carbonyl (C=O) groups is 2. The number of para-hydroxylation sites is 1. The highest BCUT2D eigenvalue weighted by molar-refractivity contribution is 5.94. The molecule has 1 heterocycles. The Balaban J connectivity index is 1.56. The van der Waals surface area contributed by atoms with Gasteiger partial charge in [0, 0.05) is 31.1 Å². The fraction of sp³-hybridized carbons (Fsp3) is 0.333. The molecule has 1 N–H and O–H groups in total. The Hall–Kier alpha value is -2.82. The normalized spacial score (nSPS) is 14.7. The maximum atomic E-state index is 12.7. The van der Waals surface area contributed by atoms with Crippen molar-refractivity contribution in [1.82, 2.24) is 10.2 Å². The Morgan fingerprint density at radius 1 is 1.00 bits per heavy atom. The number of likely N-dealkylation sites (tertiary alicyclic amines) is 1. The molecule has 1 saturated heterocycles. The molecule has 0 aliphatic carbocycles. The summed E-state index contributed by atoms with van der Waals surface area (Å²) in [6.45, 7) is 3.79. The van der Waals surface area contributed by atoms with Gasteiger partial charge in [0.2, 0.25) is 5.91 Å². The zero-order chi connectivity index (χ0) is 18.4. The van der Waals surface area contributed by atoms with Crippen molar-refractivity contribution in [3.05, 3.63) is 60.2 Å². The van der Waals surface area contributed by atoms with E-state index in [2.05, 4.69) is 5.32 Å². The number of carbonyl (C=O) groups excluding carboxylic acids is 2. The van der Waals surface area contributed by atoms with Crippen LogP contribution in [0.15, 0.2) is 54.6 Å². The van der Waals surface area contributed by atoms with Crippen molar-refractivity contribution in [2.24, 2.45) is 5.92 Å². The van der Waals surface area contributed by atoms with Crippen molar-refractivity contribution < 1.29 is 14.3 Å². The van der Waals surface area contributed by atoms with Gasteiger partial charge in [0.15, 0.2) is 0 Å². The maximum absolute atomic E-state index is 12.7. The minimum Gasteiger partial charge on any atom is -0.457 e. The third kappa shape index (κ3) is 4.42. The summed E-state index contributed by atoms with van der Waals surface area (Å²) in [5, 5.41) is 2.86. The molecule has 3 rings (SSSR count). The molecule has 0 aromatic heterocycles. The second-order valence-corrected chi connectivity index (χ2v) is 6.40. The number of benzene rings is 2. The lowest BCUT2D eigenvalue weighted by Crippen LogP contribution is -2.43. The Morgan fingerprint density at radius 2 is 1.62 bits per heavy atom. The molecule has 2 aromatic carbocycles. The van der Waals surface area contributed by atoms with E-state index >= 15 is 0 Å². The first-order valence-electron chi connectivity index (χ1n) is 9.07. The Morgan fingerprint density at radius 3 is 2.23 bits per heavy atom. The average Bonchev–Trinajstić information content (AvgIpc) is 2.69. The zero-order valence-electron chi connectivity index (χ0n) is 15.0. The smallest absolute Gasteiger partial charge is 0.253 e. The van der Waals surface area contributed by atoms with Crippen molar-refractivity contribution in [1.29, 1.82) is 0 Å². The molecular formula is C21H24N2O3. The molecule has 5 heteroatoms. The van der Waals surface area contributed by atoms with Gasteiger partial charge in [-0.05, 0) is 56.2 Å². The molecule has 1 aliphatic rings. The van der Waals surface area contributed by atoms with E-state index in [4.69, 9.17) is 4.74 Å². The quantitative estimate of drug-likeness (QED) is 0.896. The molecule has 0 atom stereocenters. The monoisotopic (exact) mass is 352 g/mol. The summed E-state index contributed by atoms with van der Waals surface area (Å²) in [6, 6.07) is 16.7. The van der Waals surface area contributed by atoms with Crippen molar-refractivity contribution >= 4 is 11.8 Å². The number of piperidine rings is 1. The first kappa shape index (κ1) is 18.0. The lowest BCUT2D eigenvalue weighted by Gasteiger charge is -2.31. The molecule has 1 fully saturated rings. The van der Waals surface area contributed by atoms with Gasteiger partial charge in [0.25, 0.3) is 5.91 Å². The van der Waals surface area contributed by atoms with Gasteiger partial charge in [-0.15, -0.1) is 0 Å². The summed E-state index contributed by atoms with van der Waals surface area (Å²) in [5.74, 6) is 1.58. The van der Waals surface area contributed by atoms with Crippen LogP contribution in [-0.2, 0) is 4.79 Å². The molecule has 136 valence electrons. The van der Waals surface area contributed by atoms with Crippen LogP contribution in [0.4, 0.5) is 0 Å². The van der Waals surface area contributed by atoms with Crippen molar-refractivity contribution in [2.45, 2.75) is 19.8 Å². The Labute approximate surface area is 154 Å². The summed E-state index contributed by atoms with van der Waals surface area (Å²) in [4.78, 5) is 26.4.